The van der Waals surface area contributed by atoms with Crippen LogP contribution in [0.3, 0.4) is 0 Å². The van der Waals surface area contributed by atoms with Gasteiger partial charge in [-0.3, -0.25) is 4.79 Å². The van der Waals surface area contributed by atoms with E-state index in [1.165, 1.54) is 6.42 Å². The summed E-state index contributed by atoms with van der Waals surface area (Å²) in [6, 6.07) is 0.371. The van der Waals surface area contributed by atoms with E-state index in [0.29, 0.717) is 19.0 Å². The summed E-state index contributed by atoms with van der Waals surface area (Å²) in [4.78, 5) is 11.6. The zero-order valence-corrected chi connectivity index (χ0v) is 9.93. The number of carbonyl (C=O) groups is 1. The van der Waals surface area contributed by atoms with Crippen LogP contribution in [0, 0.1) is 0 Å². The predicted molar refractivity (Wildman–Crippen MR) is 59.7 cm³/mol. The second kappa shape index (κ2) is 5.47. The van der Waals surface area contributed by atoms with Gasteiger partial charge in [0, 0.05) is 26.1 Å². The highest BCUT2D eigenvalue weighted by Crippen LogP contribution is 2.09. The smallest absolute Gasteiger partial charge is 0.221 e. The first-order valence-corrected chi connectivity index (χ1v) is 5.59. The van der Waals surface area contributed by atoms with Crippen molar-refractivity contribution in [2.24, 2.45) is 0 Å². The lowest BCUT2D eigenvalue weighted by molar-refractivity contribution is -0.122. The highest BCUT2D eigenvalue weighted by molar-refractivity contribution is 5.76. The van der Waals surface area contributed by atoms with E-state index >= 15 is 0 Å². The number of amides is 1. The van der Waals surface area contributed by atoms with Gasteiger partial charge in [0.05, 0.1) is 5.60 Å². The fourth-order valence-corrected chi connectivity index (χ4v) is 1.61. The Hall–Kier alpha value is -0.610. The van der Waals surface area contributed by atoms with E-state index in [4.69, 9.17) is 4.74 Å². The lowest BCUT2D eigenvalue weighted by atomic mass is 10.1. The fourth-order valence-electron chi connectivity index (χ4n) is 1.61. The van der Waals surface area contributed by atoms with E-state index in [9.17, 15) is 4.79 Å². The molecule has 15 heavy (non-hydrogen) atoms. The van der Waals surface area contributed by atoms with Crippen LogP contribution in [0.1, 0.15) is 33.1 Å². The Morgan fingerprint density at radius 3 is 2.87 bits per heavy atom. The molecule has 1 heterocycles. The van der Waals surface area contributed by atoms with Gasteiger partial charge in [-0.15, -0.1) is 0 Å². The molecule has 1 unspecified atom stereocenters. The predicted octanol–water partition coefficient (Wildman–Crippen LogP) is 0.670. The lowest BCUT2D eigenvalue weighted by Gasteiger charge is -2.23. The highest BCUT2D eigenvalue weighted by Gasteiger charge is 2.20. The minimum absolute atomic E-state index is 0.111. The second-order valence-corrected chi connectivity index (χ2v) is 4.74. The van der Waals surface area contributed by atoms with Crippen molar-refractivity contribution in [3.05, 3.63) is 0 Å². The van der Waals surface area contributed by atoms with Crippen molar-refractivity contribution in [2.45, 2.75) is 44.8 Å². The third-order valence-corrected chi connectivity index (χ3v) is 2.86. The Labute approximate surface area is 91.8 Å². The van der Waals surface area contributed by atoms with Crippen LogP contribution in [-0.4, -0.2) is 37.7 Å². The summed E-state index contributed by atoms with van der Waals surface area (Å²) >= 11 is 0. The van der Waals surface area contributed by atoms with E-state index in [1.807, 2.05) is 13.8 Å². The second-order valence-electron chi connectivity index (χ2n) is 4.74. The van der Waals surface area contributed by atoms with Crippen LogP contribution in [0.2, 0.25) is 0 Å². The molecule has 1 aliphatic heterocycles. The van der Waals surface area contributed by atoms with Gasteiger partial charge in [-0.2, -0.15) is 0 Å². The summed E-state index contributed by atoms with van der Waals surface area (Å²) in [6.07, 6.45) is 2.88. The molecule has 0 aromatic carbocycles. The molecule has 0 bridgehead atoms. The van der Waals surface area contributed by atoms with Crippen molar-refractivity contribution >= 4 is 5.91 Å². The van der Waals surface area contributed by atoms with Gasteiger partial charge >= 0.3 is 0 Å². The van der Waals surface area contributed by atoms with Crippen molar-refractivity contribution in [2.75, 3.05) is 20.2 Å². The Morgan fingerprint density at radius 2 is 2.33 bits per heavy atom. The Kier molecular flexibility index (Phi) is 4.54. The monoisotopic (exact) mass is 214 g/mol. The topological polar surface area (TPSA) is 50.4 Å². The molecule has 4 nitrogen and oxygen atoms in total. The van der Waals surface area contributed by atoms with Crippen LogP contribution in [0.25, 0.3) is 0 Å². The SMILES string of the molecule is COC(C)(C)CNC(=O)CC1CCCN1. The van der Waals surface area contributed by atoms with Crippen LogP contribution < -0.4 is 10.6 Å². The number of methoxy groups -OCH3 is 1. The van der Waals surface area contributed by atoms with Crippen molar-refractivity contribution in [3.8, 4) is 0 Å². The summed E-state index contributed by atoms with van der Waals surface area (Å²) < 4.78 is 5.23. The van der Waals surface area contributed by atoms with E-state index in [2.05, 4.69) is 10.6 Å². The Balaban J connectivity index is 2.18. The zero-order valence-electron chi connectivity index (χ0n) is 9.93. The van der Waals surface area contributed by atoms with Crippen molar-refractivity contribution < 1.29 is 9.53 Å². The number of carbonyl (C=O) groups excluding carboxylic acids is 1. The molecule has 1 rings (SSSR count). The van der Waals surface area contributed by atoms with Gasteiger partial charge in [-0.1, -0.05) is 0 Å². The first-order chi connectivity index (χ1) is 7.03. The molecular formula is C11H22N2O2. The highest BCUT2D eigenvalue weighted by atomic mass is 16.5. The Morgan fingerprint density at radius 1 is 1.60 bits per heavy atom. The Bertz CT molecular complexity index is 211. The molecular weight excluding hydrogens is 192 g/mol. The summed E-state index contributed by atoms with van der Waals surface area (Å²) in [6.45, 7) is 5.53. The molecule has 2 N–H and O–H groups in total. The van der Waals surface area contributed by atoms with Crippen molar-refractivity contribution in [1.29, 1.82) is 0 Å². The third kappa shape index (κ3) is 4.62. The third-order valence-electron chi connectivity index (χ3n) is 2.86. The first-order valence-electron chi connectivity index (χ1n) is 5.59. The maximum absolute atomic E-state index is 11.6. The minimum atomic E-state index is -0.279. The average molecular weight is 214 g/mol. The maximum Gasteiger partial charge on any atom is 0.221 e. The standard InChI is InChI=1S/C11H22N2O2/c1-11(2,15-3)8-13-10(14)7-9-5-4-6-12-9/h9,12H,4-8H2,1-3H3,(H,13,14). The minimum Gasteiger partial charge on any atom is -0.377 e. The van der Waals surface area contributed by atoms with E-state index in [1.54, 1.807) is 7.11 Å². The van der Waals surface area contributed by atoms with Crippen LogP contribution in [-0.2, 0) is 9.53 Å². The number of hydrogen-bond acceptors (Lipinski definition) is 3. The lowest BCUT2D eigenvalue weighted by Crippen LogP contribution is -2.41. The number of rotatable bonds is 5. The summed E-state index contributed by atoms with van der Waals surface area (Å²) in [5.74, 6) is 0.111. The molecule has 1 amide bonds. The largest absolute Gasteiger partial charge is 0.377 e. The molecule has 0 saturated carbocycles. The van der Waals surface area contributed by atoms with Crippen LogP contribution in [0.4, 0.5) is 0 Å². The van der Waals surface area contributed by atoms with Crippen molar-refractivity contribution in [3.63, 3.8) is 0 Å². The molecule has 0 aromatic heterocycles. The normalized spacial score (nSPS) is 21.7. The van der Waals surface area contributed by atoms with Gasteiger partial charge in [-0.25, -0.2) is 0 Å². The molecule has 0 radical (unpaired) electrons. The molecule has 1 fully saturated rings. The molecule has 1 aliphatic rings. The average Bonchev–Trinajstić information content (AvgIpc) is 2.68. The summed E-state index contributed by atoms with van der Waals surface area (Å²) in [5, 5.41) is 6.20. The van der Waals surface area contributed by atoms with Gasteiger partial charge < -0.3 is 15.4 Å². The molecule has 4 heteroatoms. The fraction of sp³-hybridized carbons (Fsp3) is 0.909. The maximum atomic E-state index is 11.6. The molecule has 88 valence electrons. The zero-order chi connectivity index (χ0) is 11.3. The molecule has 0 spiro atoms. The van der Waals surface area contributed by atoms with Gasteiger partial charge in [0.25, 0.3) is 0 Å². The van der Waals surface area contributed by atoms with Gasteiger partial charge in [0.1, 0.15) is 0 Å². The van der Waals surface area contributed by atoms with Crippen LogP contribution in [0.15, 0.2) is 0 Å². The molecule has 1 saturated heterocycles. The molecule has 0 aliphatic carbocycles. The van der Waals surface area contributed by atoms with Crippen LogP contribution >= 0.6 is 0 Å². The number of nitrogens with one attached hydrogen (secondary N) is 2. The van der Waals surface area contributed by atoms with Gasteiger partial charge in [-0.05, 0) is 33.2 Å². The quantitative estimate of drug-likeness (QED) is 0.707. The van der Waals surface area contributed by atoms with Crippen molar-refractivity contribution in [1.82, 2.24) is 10.6 Å². The van der Waals surface area contributed by atoms with E-state index < -0.39 is 0 Å². The number of ether oxygens (including phenoxy) is 1. The van der Waals surface area contributed by atoms with E-state index in [0.717, 1.165) is 13.0 Å². The molecule has 1 atom stereocenters. The number of hydrogen-bond donors (Lipinski definition) is 2. The summed E-state index contributed by atoms with van der Waals surface area (Å²) in [7, 11) is 1.66. The van der Waals surface area contributed by atoms with Gasteiger partial charge in [0.15, 0.2) is 0 Å². The van der Waals surface area contributed by atoms with Crippen LogP contribution in [0.5, 0.6) is 0 Å². The summed E-state index contributed by atoms with van der Waals surface area (Å²) in [5.41, 5.74) is -0.279. The molecule has 0 aromatic rings. The van der Waals surface area contributed by atoms with E-state index in [-0.39, 0.29) is 11.5 Å². The van der Waals surface area contributed by atoms with Gasteiger partial charge in [0.2, 0.25) is 5.91 Å². The first kappa shape index (κ1) is 12.5.